The first-order chi connectivity index (χ1) is 13.8. The Morgan fingerprint density at radius 3 is 2.53 bits per heavy atom. The second kappa shape index (κ2) is 6.64. The molecule has 3 unspecified atom stereocenters. The van der Waals surface area contributed by atoms with Crippen molar-refractivity contribution in [2.75, 3.05) is 33.4 Å². The average Bonchev–Trinajstić information content (AvgIpc) is 2.60. The first-order valence-electron chi connectivity index (χ1n) is 10.3. The van der Waals surface area contributed by atoms with Crippen LogP contribution in [0.3, 0.4) is 0 Å². The summed E-state index contributed by atoms with van der Waals surface area (Å²) in [5.41, 5.74) is 0.688. The summed E-state index contributed by atoms with van der Waals surface area (Å²) in [5, 5.41) is 7.24. The lowest BCUT2D eigenvalue weighted by atomic mass is 9.67. The first kappa shape index (κ1) is 21.5. The molecule has 166 valence electrons. The van der Waals surface area contributed by atoms with E-state index in [1.54, 1.807) is 7.05 Å². The number of halogens is 3. The minimum Gasteiger partial charge on any atom is -0.326 e. The maximum Gasteiger partial charge on any atom is 0.406 e. The minimum absolute atomic E-state index is 0.136. The van der Waals surface area contributed by atoms with Crippen molar-refractivity contribution >= 4 is 5.91 Å². The van der Waals surface area contributed by atoms with Gasteiger partial charge in [0.05, 0.1) is 18.9 Å². The van der Waals surface area contributed by atoms with Crippen LogP contribution in [0, 0.1) is 0 Å². The lowest BCUT2D eigenvalue weighted by Gasteiger charge is -2.62. The molecule has 4 aliphatic rings. The average molecular weight is 425 g/mol. The smallest absolute Gasteiger partial charge is 0.326 e. The predicted molar refractivity (Wildman–Crippen MR) is 106 cm³/mol. The number of nitrogens with one attached hydrogen (secondary N) is 1. The van der Waals surface area contributed by atoms with Gasteiger partial charge in [0.15, 0.2) is 0 Å². The highest BCUT2D eigenvalue weighted by atomic mass is 19.4. The van der Waals surface area contributed by atoms with Crippen molar-refractivity contribution in [2.45, 2.75) is 63.2 Å². The van der Waals surface area contributed by atoms with Gasteiger partial charge in [0, 0.05) is 36.7 Å². The van der Waals surface area contributed by atoms with E-state index in [2.05, 4.69) is 12.2 Å². The number of fused-ring (bicyclic) bond motifs is 3. The normalized spacial score (nSPS) is 32.5. The van der Waals surface area contributed by atoms with Crippen molar-refractivity contribution in [1.29, 1.82) is 0 Å². The third-order valence-corrected chi connectivity index (χ3v) is 6.77. The van der Waals surface area contributed by atoms with Crippen LogP contribution in [-0.2, 0) is 22.2 Å². The van der Waals surface area contributed by atoms with Gasteiger partial charge in [-0.25, -0.2) is 10.0 Å². The van der Waals surface area contributed by atoms with Crippen molar-refractivity contribution in [3.8, 4) is 0 Å². The van der Waals surface area contributed by atoms with Crippen molar-refractivity contribution in [3.05, 3.63) is 29.1 Å². The van der Waals surface area contributed by atoms with Crippen LogP contribution in [0.25, 0.3) is 0 Å². The van der Waals surface area contributed by atoms with Gasteiger partial charge in [-0.05, 0) is 18.1 Å². The second-order valence-corrected chi connectivity index (χ2v) is 10.3. The van der Waals surface area contributed by atoms with Crippen molar-refractivity contribution in [3.63, 3.8) is 0 Å². The summed E-state index contributed by atoms with van der Waals surface area (Å²) >= 11 is 0. The maximum absolute atomic E-state index is 13.6. The van der Waals surface area contributed by atoms with E-state index in [1.165, 1.54) is 0 Å². The molecule has 5 heterocycles. The zero-order chi connectivity index (χ0) is 22.1. The SMILES string of the molecule is CN1N2CNCC3(C)CC1(C2)C(=O)N(CC(F)(F)F)Cc1nc(C(C)(C)C)ccc13. The van der Waals surface area contributed by atoms with E-state index in [1.807, 2.05) is 42.9 Å². The Bertz CT molecular complexity index is 867. The molecular formula is C21H30F3N5O. The number of carbonyl (C=O) groups is 1. The Balaban J connectivity index is 1.88. The van der Waals surface area contributed by atoms with Crippen molar-refractivity contribution < 1.29 is 18.0 Å². The molecule has 3 fully saturated rings. The maximum atomic E-state index is 13.6. The number of carbonyl (C=O) groups excluding carboxylic acids is 1. The van der Waals surface area contributed by atoms with Crippen LogP contribution in [0.5, 0.6) is 0 Å². The topological polar surface area (TPSA) is 51.7 Å². The number of aromatic nitrogens is 1. The van der Waals surface area contributed by atoms with Gasteiger partial charge in [-0.1, -0.05) is 33.8 Å². The number of alkyl halides is 3. The third kappa shape index (κ3) is 3.40. The van der Waals surface area contributed by atoms with E-state index in [-0.39, 0.29) is 12.0 Å². The van der Waals surface area contributed by atoms with E-state index in [0.717, 1.165) is 16.2 Å². The molecule has 6 nitrogen and oxygen atoms in total. The lowest BCUT2D eigenvalue weighted by Crippen LogP contribution is -2.81. The molecule has 1 N–H and O–H groups in total. The highest BCUT2D eigenvalue weighted by molar-refractivity contribution is 5.88. The minimum atomic E-state index is -4.47. The molecular weight excluding hydrogens is 395 g/mol. The molecule has 5 rings (SSSR count). The largest absolute Gasteiger partial charge is 0.406 e. The Labute approximate surface area is 175 Å². The Morgan fingerprint density at radius 2 is 1.93 bits per heavy atom. The third-order valence-electron chi connectivity index (χ3n) is 6.77. The van der Waals surface area contributed by atoms with Gasteiger partial charge >= 0.3 is 6.18 Å². The molecule has 1 spiro atoms. The summed E-state index contributed by atoms with van der Waals surface area (Å²) < 4.78 is 40.3. The van der Waals surface area contributed by atoms with Gasteiger partial charge in [-0.15, -0.1) is 0 Å². The molecule has 0 aliphatic carbocycles. The fraction of sp³-hybridized carbons (Fsp3) is 0.714. The molecule has 0 aromatic carbocycles. The molecule has 1 aromatic heterocycles. The van der Waals surface area contributed by atoms with Gasteiger partial charge in [-0.2, -0.15) is 13.2 Å². The van der Waals surface area contributed by atoms with Crippen LogP contribution in [0.1, 0.15) is 51.1 Å². The molecule has 0 saturated carbocycles. The van der Waals surface area contributed by atoms with E-state index >= 15 is 0 Å². The molecule has 1 aromatic rings. The summed E-state index contributed by atoms with van der Waals surface area (Å²) in [7, 11) is 1.80. The van der Waals surface area contributed by atoms with Crippen LogP contribution in [-0.4, -0.2) is 70.9 Å². The number of amides is 1. The van der Waals surface area contributed by atoms with Crippen molar-refractivity contribution in [1.82, 2.24) is 25.2 Å². The van der Waals surface area contributed by atoms with Crippen molar-refractivity contribution in [2.24, 2.45) is 0 Å². The zero-order valence-corrected chi connectivity index (χ0v) is 18.2. The monoisotopic (exact) mass is 425 g/mol. The molecule has 3 bridgehead atoms. The van der Waals surface area contributed by atoms with E-state index in [0.29, 0.717) is 31.9 Å². The first-order valence-corrected chi connectivity index (χ1v) is 10.3. The van der Waals surface area contributed by atoms with Crippen LogP contribution in [0.2, 0.25) is 0 Å². The lowest BCUT2D eigenvalue weighted by molar-refractivity contribution is -0.234. The summed E-state index contributed by atoms with van der Waals surface area (Å²) in [6.07, 6.45) is -4.03. The summed E-state index contributed by atoms with van der Waals surface area (Å²) in [5.74, 6) is -0.458. The van der Waals surface area contributed by atoms with E-state index in [9.17, 15) is 18.0 Å². The van der Waals surface area contributed by atoms with E-state index < -0.39 is 29.6 Å². The van der Waals surface area contributed by atoms with Gasteiger partial charge in [-0.3, -0.25) is 9.78 Å². The number of hydrogen-bond donors (Lipinski definition) is 1. The van der Waals surface area contributed by atoms with Crippen LogP contribution in [0.15, 0.2) is 12.1 Å². The molecule has 3 atom stereocenters. The Kier molecular flexibility index (Phi) is 4.76. The van der Waals surface area contributed by atoms with Crippen LogP contribution < -0.4 is 5.32 Å². The number of pyridine rings is 1. The summed E-state index contributed by atoms with van der Waals surface area (Å²) in [6.45, 7) is 8.37. The fourth-order valence-corrected chi connectivity index (χ4v) is 5.16. The van der Waals surface area contributed by atoms with Gasteiger partial charge in [0.1, 0.15) is 12.1 Å². The quantitative estimate of drug-likeness (QED) is 0.749. The number of nitrogens with zero attached hydrogens (tertiary/aromatic N) is 4. The number of likely N-dealkylation sites (N-methyl/N-ethyl adjacent to an activating group) is 1. The molecule has 1 amide bonds. The molecule has 4 aliphatic heterocycles. The van der Waals surface area contributed by atoms with Gasteiger partial charge < -0.3 is 10.2 Å². The molecule has 30 heavy (non-hydrogen) atoms. The highest BCUT2D eigenvalue weighted by Gasteiger charge is 2.61. The van der Waals surface area contributed by atoms with Gasteiger partial charge in [0.2, 0.25) is 5.91 Å². The Morgan fingerprint density at radius 1 is 1.23 bits per heavy atom. The highest BCUT2D eigenvalue weighted by Crippen LogP contribution is 2.46. The Hall–Kier alpha value is -1.71. The predicted octanol–water partition coefficient (Wildman–Crippen LogP) is 2.39. The fourth-order valence-electron chi connectivity index (χ4n) is 5.16. The number of rotatable bonds is 1. The summed E-state index contributed by atoms with van der Waals surface area (Å²) in [4.78, 5) is 19.3. The zero-order valence-electron chi connectivity index (χ0n) is 18.2. The van der Waals surface area contributed by atoms with E-state index in [4.69, 9.17) is 4.98 Å². The second-order valence-electron chi connectivity index (χ2n) is 10.3. The summed E-state index contributed by atoms with van der Waals surface area (Å²) in [6, 6.07) is 3.99. The van der Waals surface area contributed by atoms with Crippen LogP contribution >= 0.6 is 0 Å². The molecule has 3 saturated heterocycles. The van der Waals surface area contributed by atoms with Gasteiger partial charge in [0.25, 0.3) is 0 Å². The molecule has 9 heteroatoms. The number of hydrazine groups is 1. The number of hydrogen-bond acceptors (Lipinski definition) is 5. The molecule has 0 radical (unpaired) electrons. The van der Waals surface area contributed by atoms with Crippen LogP contribution in [0.4, 0.5) is 13.2 Å². The standard InChI is InChI=1S/C21H30F3N5O/c1-18(2,3)16-7-6-14-15(26-16)8-28(12-21(22,23)24)17(30)20-9-19(14,4)10-25-13-29(11-20)27(20)5/h6-7,25H,8-13H2,1-5H3.